The van der Waals surface area contributed by atoms with Gasteiger partial charge in [-0.05, 0) is 31.5 Å². The van der Waals surface area contributed by atoms with Crippen molar-refractivity contribution in [2.24, 2.45) is 0 Å². The first-order valence-corrected chi connectivity index (χ1v) is 8.22. The number of benzene rings is 1. The third kappa shape index (κ3) is 4.88. The zero-order valence-electron chi connectivity index (χ0n) is 13.4. The first kappa shape index (κ1) is 17.1. The summed E-state index contributed by atoms with van der Waals surface area (Å²) in [5, 5.41) is 11.5. The molecule has 0 atom stereocenters. The van der Waals surface area contributed by atoms with Crippen molar-refractivity contribution < 1.29 is 9.53 Å². The standard InChI is InChI=1S/C15H21N5O2S/c1-10(2)17-14(21)9-23-15-19-18-13(20(15)16)8-11-4-6-12(22-3)7-5-11/h4-7,10H,8-9,16H2,1-3H3,(H,17,21). The van der Waals surface area contributed by atoms with Crippen molar-refractivity contribution in [3.8, 4) is 5.75 Å². The summed E-state index contributed by atoms with van der Waals surface area (Å²) in [7, 11) is 1.63. The molecule has 7 nitrogen and oxygen atoms in total. The van der Waals surface area contributed by atoms with E-state index in [4.69, 9.17) is 10.6 Å². The summed E-state index contributed by atoms with van der Waals surface area (Å²) >= 11 is 1.27. The van der Waals surface area contributed by atoms with Crippen LogP contribution in [0.2, 0.25) is 0 Å². The molecule has 0 radical (unpaired) electrons. The normalized spacial score (nSPS) is 10.8. The fraction of sp³-hybridized carbons (Fsp3) is 0.400. The Bertz CT molecular complexity index is 654. The van der Waals surface area contributed by atoms with E-state index in [9.17, 15) is 4.79 Å². The van der Waals surface area contributed by atoms with E-state index in [0.29, 0.717) is 17.4 Å². The highest BCUT2D eigenvalue weighted by atomic mass is 32.2. The minimum atomic E-state index is -0.0512. The van der Waals surface area contributed by atoms with Crippen LogP contribution in [0.3, 0.4) is 0 Å². The number of thioether (sulfide) groups is 1. The average Bonchev–Trinajstić information content (AvgIpc) is 2.86. The Morgan fingerprint density at radius 1 is 1.35 bits per heavy atom. The van der Waals surface area contributed by atoms with Gasteiger partial charge in [0, 0.05) is 12.5 Å². The molecule has 0 fully saturated rings. The number of nitrogens with zero attached hydrogens (tertiary/aromatic N) is 3. The van der Waals surface area contributed by atoms with Crippen molar-refractivity contribution in [2.75, 3.05) is 18.7 Å². The number of hydrogen-bond acceptors (Lipinski definition) is 6. The average molecular weight is 335 g/mol. The van der Waals surface area contributed by atoms with Crippen LogP contribution in [0.15, 0.2) is 29.4 Å². The van der Waals surface area contributed by atoms with E-state index in [1.54, 1.807) is 7.11 Å². The smallest absolute Gasteiger partial charge is 0.230 e. The Morgan fingerprint density at radius 3 is 2.65 bits per heavy atom. The molecule has 1 aromatic carbocycles. The van der Waals surface area contributed by atoms with Gasteiger partial charge in [-0.1, -0.05) is 23.9 Å². The molecule has 0 unspecified atom stereocenters. The summed E-state index contributed by atoms with van der Waals surface area (Å²) in [6.45, 7) is 3.84. The molecule has 23 heavy (non-hydrogen) atoms. The zero-order valence-corrected chi connectivity index (χ0v) is 14.3. The summed E-state index contributed by atoms with van der Waals surface area (Å²) in [4.78, 5) is 11.7. The minimum Gasteiger partial charge on any atom is -0.497 e. The van der Waals surface area contributed by atoms with E-state index in [-0.39, 0.29) is 17.7 Å². The topological polar surface area (TPSA) is 95.1 Å². The van der Waals surface area contributed by atoms with Gasteiger partial charge >= 0.3 is 0 Å². The van der Waals surface area contributed by atoms with Crippen LogP contribution in [0.1, 0.15) is 25.2 Å². The number of ether oxygens (including phenoxy) is 1. The van der Waals surface area contributed by atoms with E-state index >= 15 is 0 Å². The van der Waals surface area contributed by atoms with Crippen LogP contribution in [0.25, 0.3) is 0 Å². The van der Waals surface area contributed by atoms with Gasteiger partial charge in [0.1, 0.15) is 5.75 Å². The number of rotatable bonds is 7. The third-order valence-corrected chi connectivity index (χ3v) is 3.98. The monoisotopic (exact) mass is 335 g/mol. The lowest BCUT2D eigenvalue weighted by Gasteiger charge is -2.07. The van der Waals surface area contributed by atoms with E-state index in [0.717, 1.165) is 11.3 Å². The Labute approximate surface area is 139 Å². The number of methoxy groups -OCH3 is 1. The summed E-state index contributed by atoms with van der Waals surface area (Å²) < 4.78 is 6.56. The molecule has 0 aliphatic heterocycles. The van der Waals surface area contributed by atoms with Gasteiger partial charge in [0.25, 0.3) is 0 Å². The second kappa shape index (κ2) is 7.87. The van der Waals surface area contributed by atoms with Gasteiger partial charge in [-0.15, -0.1) is 10.2 Å². The number of hydrogen-bond donors (Lipinski definition) is 2. The third-order valence-electron chi connectivity index (χ3n) is 3.04. The fourth-order valence-corrected chi connectivity index (χ4v) is 2.63. The molecule has 124 valence electrons. The molecule has 3 N–H and O–H groups in total. The fourth-order valence-electron chi connectivity index (χ4n) is 1.95. The van der Waals surface area contributed by atoms with Crippen molar-refractivity contribution >= 4 is 17.7 Å². The molecule has 1 heterocycles. The van der Waals surface area contributed by atoms with Crippen molar-refractivity contribution in [3.63, 3.8) is 0 Å². The van der Waals surface area contributed by atoms with Crippen LogP contribution >= 0.6 is 11.8 Å². The van der Waals surface area contributed by atoms with Crippen LogP contribution in [-0.4, -0.2) is 39.7 Å². The van der Waals surface area contributed by atoms with Crippen LogP contribution in [0.5, 0.6) is 5.75 Å². The largest absolute Gasteiger partial charge is 0.497 e. The minimum absolute atomic E-state index is 0.0512. The number of nitrogens with one attached hydrogen (secondary N) is 1. The molecule has 2 aromatic rings. The number of amides is 1. The maximum Gasteiger partial charge on any atom is 0.230 e. The van der Waals surface area contributed by atoms with Gasteiger partial charge in [-0.3, -0.25) is 4.79 Å². The molecular weight excluding hydrogens is 314 g/mol. The number of carbonyl (C=O) groups is 1. The molecule has 8 heteroatoms. The molecule has 0 saturated heterocycles. The Kier molecular flexibility index (Phi) is 5.86. The number of nitrogens with two attached hydrogens (primary N) is 1. The van der Waals surface area contributed by atoms with Crippen LogP contribution in [0, 0.1) is 0 Å². The molecule has 0 aliphatic rings. The highest BCUT2D eigenvalue weighted by Crippen LogP contribution is 2.17. The summed E-state index contributed by atoms with van der Waals surface area (Å²) in [6.07, 6.45) is 0.562. The molecule has 1 aromatic heterocycles. The SMILES string of the molecule is COc1ccc(Cc2nnc(SCC(=O)NC(C)C)n2N)cc1. The zero-order chi connectivity index (χ0) is 16.8. The number of nitrogen functional groups attached to an aromatic ring is 1. The lowest BCUT2D eigenvalue weighted by atomic mass is 10.1. The number of aromatic nitrogens is 3. The highest BCUT2D eigenvalue weighted by molar-refractivity contribution is 7.99. The van der Waals surface area contributed by atoms with Gasteiger partial charge in [0.15, 0.2) is 5.82 Å². The predicted octanol–water partition coefficient (Wildman–Crippen LogP) is 1.21. The van der Waals surface area contributed by atoms with Crippen molar-refractivity contribution in [1.29, 1.82) is 0 Å². The van der Waals surface area contributed by atoms with E-state index in [2.05, 4.69) is 15.5 Å². The Morgan fingerprint density at radius 2 is 2.04 bits per heavy atom. The maximum atomic E-state index is 11.7. The molecule has 0 aliphatic carbocycles. The molecule has 0 spiro atoms. The van der Waals surface area contributed by atoms with Crippen LogP contribution < -0.4 is 15.9 Å². The lowest BCUT2D eigenvalue weighted by Crippen LogP contribution is -2.31. The first-order chi connectivity index (χ1) is 11.0. The predicted molar refractivity (Wildman–Crippen MR) is 90.0 cm³/mol. The summed E-state index contributed by atoms with van der Waals surface area (Å²) in [5.41, 5.74) is 1.05. The Balaban J connectivity index is 1.96. The van der Waals surface area contributed by atoms with Crippen molar-refractivity contribution in [1.82, 2.24) is 20.2 Å². The molecule has 0 saturated carbocycles. The van der Waals surface area contributed by atoms with Gasteiger partial charge in [0.2, 0.25) is 11.1 Å². The molecule has 1 amide bonds. The summed E-state index contributed by atoms with van der Waals surface area (Å²) in [6, 6.07) is 7.80. The second-order valence-electron chi connectivity index (χ2n) is 5.30. The quantitative estimate of drug-likeness (QED) is 0.583. The number of carbonyl (C=O) groups excluding carboxylic acids is 1. The molecular formula is C15H21N5O2S. The van der Waals surface area contributed by atoms with E-state index in [1.165, 1.54) is 16.4 Å². The van der Waals surface area contributed by atoms with Crippen molar-refractivity contribution in [3.05, 3.63) is 35.7 Å². The highest BCUT2D eigenvalue weighted by Gasteiger charge is 2.13. The lowest BCUT2D eigenvalue weighted by molar-refractivity contribution is -0.119. The van der Waals surface area contributed by atoms with Crippen LogP contribution in [0.4, 0.5) is 0 Å². The Hall–Kier alpha value is -2.22. The first-order valence-electron chi connectivity index (χ1n) is 7.24. The van der Waals surface area contributed by atoms with Crippen LogP contribution in [-0.2, 0) is 11.2 Å². The van der Waals surface area contributed by atoms with Crippen molar-refractivity contribution in [2.45, 2.75) is 31.5 Å². The van der Waals surface area contributed by atoms with Gasteiger partial charge in [-0.2, -0.15) is 0 Å². The van der Waals surface area contributed by atoms with Gasteiger partial charge in [-0.25, -0.2) is 4.68 Å². The van der Waals surface area contributed by atoms with Gasteiger partial charge in [0.05, 0.1) is 12.9 Å². The molecule has 0 bridgehead atoms. The van der Waals surface area contributed by atoms with Gasteiger partial charge < -0.3 is 15.9 Å². The maximum absolute atomic E-state index is 11.7. The second-order valence-corrected chi connectivity index (χ2v) is 6.25. The summed E-state index contributed by atoms with van der Waals surface area (Å²) in [5.74, 6) is 7.66. The van der Waals surface area contributed by atoms with E-state index in [1.807, 2.05) is 38.1 Å². The van der Waals surface area contributed by atoms with E-state index < -0.39 is 0 Å². The molecule has 2 rings (SSSR count).